The second kappa shape index (κ2) is 7.78. The number of aromatic amines is 1. The first-order valence-corrected chi connectivity index (χ1v) is 8.85. The zero-order valence-electron chi connectivity index (χ0n) is 13.2. The topological polar surface area (TPSA) is 162 Å². The van der Waals surface area contributed by atoms with Gasteiger partial charge in [0.15, 0.2) is 11.4 Å². The summed E-state index contributed by atoms with van der Waals surface area (Å²) in [4.78, 5) is 17.6. The summed E-state index contributed by atoms with van der Waals surface area (Å²) in [6.45, 7) is 0.494. The number of nitrogen functional groups attached to an aromatic ring is 1. The van der Waals surface area contributed by atoms with E-state index < -0.39 is 15.7 Å². The van der Waals surface area contributed by atoms with Gasteiger partial charge < -0.3 is 11.1 Å². The molecule has 2 aromatic rings. The maximum Gasteiger partial charge on any atom is 0.294 e. The molecule has 0 unspecified atom stereocenters. The van der Waals surface area contributed by atoms with Gasteiger partial charge in [0.05, 0.1) is 4.90 Å². The van der Waals surface area contributed by atoms with Gasteiger partial charge in [0.25, 0.3) is 15.7 Å². The molecule has 0 spiro atoms. The molecule has 0 fully saturated rings. The Balaban J connectivity index is 1.85. The van der Waals surface area contributed by atoms with Crippen molar-refractivity contribution in [3.8, 4) is 6.07 Å². The fraction of sp³-hybridized carbons (Fsp3) is 0.267. The number of hydrogen-bond donors (Lipinski definition) is 4. The van der Waals surface area contributed by atoms with Crippen molar-refractivity contribution in [1.29, 1.82) is 5.26 Å². The van der Waals surface area contributed by atoms with Crippen molar-refractivity contribution in [2.24, 2.45) is 0 Å². The third-order valence-electron chi connectivity index (χ3n) is 3.46. The lowest BCUT2D eigenvalue weighted by atomic mass is 10.1. The Hall–Kier alpha value is -2.90. The number of rotatable bonds is 7. The summed E-state index contributed by atoms with van der Waals surface area (Å²) in [5.41, 5.74) is 5.69. The highest BCUT2D eigenvalue weighted by molar-refractivity contribution is 7.85. The van der Waals surface area contributed by atoms with Crippen LogP contribution in [-0.4, -0.2) is 29.5 Å². The molecule has 9 nitrogen and oxygen atoms in total. The van der Waals surface area contributed by atoms with Crippen LogP contribution in [0.4, 0.5) is 11.8 Å². The third kappa shape index (κ3) is 5.03. The molecule has 10 heteroatoms. The standard InChI is InChI=1S/C15H17N5O4S/c16-9-12-13(19-15(17)20-14(12)21)18-8-2-1-3-10-4-6-11(7-5-10)25(22,23)24/h4-7H,1-3,8H2,(H,22,23,24)(H4,17,18,19,20,21). The average Bonchev–Trinajstić information content (AvgIpc) is 2.54. The molecule has 5 N–H and O–H groups in total. The lowest BCUT2D eigenvalue weighted by Gasteiger charge is -2.07. The van der Waals surface area contributed by atoms with Crippen LogP contribution < -0.4 is 16.6 Å². The van der Waals surface area contributed by atoms with E-state index in [0.29, 0.717) is 13.0 Å². The maximum absolute atomic E-state index is 11.6. The summed E-state index contributed by atoms with van der Waals surface area (Å²) in [7, 11) is -4.17. The molecule has 0 aliphatic carbocycles. The predicted molar refractivity (Wildman–Crippen MR) is 91.7 cm³/mol. The van der Waals surface area contributed by atoms with E-state index in [1.165, 1.54) is 12.1 Å². The smallest absolute Gasteiger partial charge is 0.294 e. The van der Waals surface area contributed by atoms with Gasteiger partial charge in [-0.15, -0.1) is 0 Å². The van der Waals surface area contributed by atoms with Crippen LogP contribution in [0.25, 0.3) is 0 Å². The number of H-pyrrole nitrogens is 1. The van der Waals surface area contributed by atoms with Gasteiger partial charge in [-0.3, -0.25) is 14.3 Å². The molecule has 25 heavy (non-hydrogen) atoms. The quantitative estimate of drug-likeness (QED) is 0.416. The number of nitriles is 1. The highest BCUT2D eigenvalue weighted by Crippen LogP contribution is 2.12. The van der Waals surface area contributed by atoms with E-state index in [1.54, 1.807) is 18.2 Å². The molecular weight excluding hydrogens is 346 g/mol. The molecule has 0 saturated carbocycles. The van der Waals surface area contributed by atoms with Crippen molar-refractivity contribution in [1.82, 2.24) is 9.97 Å². The molecule has 1 aromatic carbocycles. The summed E-state index contributed by atoms with van der Waals surface area (Å²) in [6.07, 6.45) is 2.24. The molecule has 2 rings (SSSR count). The normalized spacial score (nSPS) is 11.0. The SMILES string of the molecule is N#Cc1c(NCCCCc2ccc(S(=O)(=O)O)cc2)nc(N)[nH]c1=O. The van der Waals surface area contributed by atoms with Crippen LogP contribution in [-0.2, 0) is 16.5 Å². The number of nitrogens with one attached hydrogen (secondary N) is 2. The predicted octanol–water partition coefficient (Wildman–Crippen LogP) is 0.905. The molecule has 132 valence electrons. The number of nitrogens with zero attached hydrogens (tertiary/aromatic N) is 2. The molecule has 0 amide bonds. The van der Waals surface area contributed by atoms with Crippen molar-refractivity contribution < 1.29 is 13.0 Å². The van der Waals surface area contributed by atoms with Gasteiger partial charge in [0.2, 0.25) is 5.95 Å². The summed E-state index contributed by atoms with van der Waals surface area (Å²) in [6, 6.07) is 7.77. The number of nitrogens with two attached hydrogens (primary N) is 1. The number of benzene rings is 1. The van der Waals surface area contributed by atoms with Gasteiger partial charge >= 0.3 is 0 Å². The Morgan fingerprint density at radius 3 is 2.56 bits per heavy atom. The number of anilines is 2. The van der Waals surface area contributed by atoms with Crippen molar-refractivity contribution in [2.75, 3.05) is 17.6 Å². The van der Waals surface area contributed by atoms with E-state index in [9.17, 15) is 13.2 Å². The van der Waals surface area contributed by atoms with Crippen LogP contribution in [0.2, 0.25) is 0 Å². The Morgan fingerprint density at radius 2 is 1.96 bits per heavy atom. The lowest BCUT2D eigenvalue weighted by molar-refractivity contribution is 0.483. The molecule has 1 aromatic heterocycles. The molecular formula is C15H17N5O4S. The Morgan fingerprint density at radius 1 is 1.28 bits per heavy atom. The first kappa shape index (κ1) is 18.4. The molecule has 0 radical (unpaired) electrons. The summed E-state index contributed by atoms with van der Waals surface area (Å²) in [5, 5.41) is 11.9. The second-order valence-corrected chi connectivity index (χ2v) is 6.71. The fourth-order valence-corrected chi connectivity index (χ4v) is 2.69. The third-order valence-corrected chi connectivity index (χ3v) is 4.32. The van der Waals surface area contributed by atoms with Gasteiger partial charge in [-0.05, 0) is 37.0 Å². The van der Waals surface area contributed by atoms with Crippen LogP contribution in [0, 0.1) is 11.3 Å². The first-order valence-electron chi connectivity index (χ1n) is 7.41. The van der Waals surface area contributed by atoms with Crippen molar-refractivity contribution in [3.63, 3.8) is 0 Å². The first-order chi connectivity index (χ1) is 11.8. The highest BCUT2D eigenvalue weighted by Gasteiger charge is 2.10. The molecule has 0 atom stereocenters. The average molecular weight is 363 g/mol. The highest BCUT2D eigenvalue weighted by atomic mass is 32.2. The van der Waals surface area contributed by atoms with E-state index in [1.807, 2.05) is 0 Å². The largest absolute Gasteiger partial charge is 0.369 e. The monoisotopic (exact) mass is 363 g/mol. The minimum absolute atomic E-state index is 0.0644. The fourth-order valence-electron chi connectivity index (χ4n) is 2.21. The van der Waals surface area contributed by atoms with Gasteiger partial charge in [0, 0.05) is 6.54 Å². The summed E-state index contributed by atoms with van der Waals surface area (Å²) in [5.74, 6) is 0.0895. The zero-order chi connectivity index (χ0) is 18.4. The van der Waals surface area contributed by atoms with Crippen LogP contribution >= 0.6 is 0 Å². The second-order valence-electron chi connectivity index (χ2n) is 5.29. The van der Waals surface area contributed by atoms with E-state index in [0.717, 1.165) is 18.4 Å². The van der Waals surface area contributed by atoms with Crippen LogP contribution in [0.5, 0.6) is 0 Å². The molecule has 0 bridgehead atoms. The molecule has 0 aliphatic heterocycles. The summed E-state index contributed by atoms with van der Waals surface area (Å²) >= 11 is 0. The molecule has 0 aliphatic rings. The number of aryl methyl sites for hydroxylation is 1. The summed E-state index contributed by atoms with van der Waals surface area (Å²) < 4.78 is 30.8. The van der Waals surface area contributed by atoms with Gasteiger partial charge in [-0.25, -0.2) is 0 Å². The minimum atomic E-state index is -4.17. The Kier molecular flexibility index (Phi) is 5.74. The Bertz CT molecular complexity index is 945. The van der Waals surface area contributed by atoms with E-state index in [4.69, 9.17) is 15.5 Å². The Labute approximate surface area is 144 Å². The minimum Gasteiger partial charge on any atom is -0.369 e. The van der Waals surface area contributed by atoms with Gasteiger partial charge in [-0.1, -0.05) is 12.1 Å². The van der Waals surface area contributed by atoms with Crippen molar-refractivity contribution >= 4 is 21.9 Å². The number of aromatic nitrogens is 2. The van der Waals surface area contributed by atoms with Crippen LogP contribution in [0.3, 0.4) is 0 Å². The zero-order valence-corrected chi connectivity index (χ0v) is 14.0. The van der Waals surface area contributed by atoms with E-state index in [2.05, 4.69) is 15.3 Å². The van der Waals surface area contributed by atoms with Crippen molar-refractivity contribution in [3.05, 3.63) is 45.7 Å². The lowest BCUT2D eigenvalue weighted by Crippen LogP contribution is -2.18. The van der Waals surface area contributed by atoms with Crippen LogP contribution in [0.1, 0.15) is 24.0 Å². The number of unbranched alkanes of at least 4 members (excludes halogenated alkanes) is 1. The molecule has 1 heterocycles. The van der Waals surface area contributed by atoms with E-state index >= 15 is 0 Å². The van der Waals surface area contributed by atoms with E-state index in [-0.39, 0.29) is 22.2 Å². The maximum atomic E-state index is 11.6. The number of hydrogen-bond acceptors (Lipinski definition) is 7. The van der Waals surface area contributed by atoms with Crippen LogP contribution in [0.15, 0.2) is 34.0 Å². The van der Waals surface area contributed by atoms with Crippen molar-refractivity contribution in [2.45, 2.75) is 24.2 Å². The van der Waals surface area contributed by atoms with Gasteiger partial charge in [-0.2, -0.15) is 18.7 Å². The van der Waals surface area contributed by atoms with Gasteiger partial charge in [0.1, 0.15) is 6.07 Å². The molecule has 0 saturated heterocycles.